The molecule has 0 saturated heterocycles. The monoisotopic (exact) mass is 545 g/mol. The van der Waals surface area contributed by atoms with Crippen LogP contribution in [0.1, 0.15) is 66.2 Å². The van der Waals surface area contributed by atoms with Crippen LogP contribution in [0.3, 0.4) is 0 Å². The second kappa shape index (κ2) is 6.78. The van der Waals surface area contributed by atoms with Crippen LogP contribution in [0.2, 0.25) is 0 Å². The second-order valence-electron chi connectivity index (χ2n) is 9.41. The molecule has 4 aliphatic rings. The Bertz CT molecular complexity index is 1060. The van der Waals surface area contributed by atoms with Crippen LogP contribution in [0, 0.1) is 31.7 Å². The Morgan fingerprint density at radius 2 is 1.57 bits per heavy atom. The maximum atomic E-state index is 5.04. The number of fused-ring (bicyclic) bond motifs is 1. The summed E-state index contributed by atoms with van der Waals surface area (Å²) in [5.41, 5.74) is 9.17. The first-order valence-corrected chi connectivity index (χ1v) is 10.6. The minimum atomic E-state index is 0. The zero-order valence-electron chi connectivity index (χ0n) is 16.6. The predicted molar refractivity (Wildman–Crippen MR) is 111 cm³/mol. The summed E-state index contributed by atoms with van der Waals surface area (Å²) in [7, 11) is 0. The van der Waals surface area contributed by atoms with Crippen molar-refractivity contribution in [2.75, 3.05) is 0 Å². The van der Waals surface area contributed by atoms with E-state index < -0.39 is 0 Å². The standard InChI is InChI=1S/C26H26N.Ir/c1-15-3-6-25-22(7-15)8-16(2)26(27-25)19-4-5-23-20-10-17-9-18(11-20)13-21(12-17)24(23)14-19;/h3,5-8,14,17-18,20-21H,9-13H2,1-2H3;/q-1;. The van der Waals surface area contributed by atoms with E-state index in [-0.39, 0.29) is 20.1 Å². The van der Waals surface area contributed by atoms with Crippen molar-refractivity contribution in [2.45, 2.75) is 57.8 Å². The number of pyridine rings is 1. The number of nitrogens with zero attached hydrogens (tertiary/aromatic N) is 1. The maximum Gasteiger partial charge on any atom is 0.0595 e. The molecule has 1 radical (unpaired) electrons. The van der Waals surface area contributed by atoms with Crippen molar-refractivity contribution in [3.8, 4) is 11.3 Å². The van der Waals surface area contributed by atoms with E-state index in [0.29, 0.717) is 0 Å². The van der Waals surface area contributed by atoms with Gasteiger partial charge in [0.25, 0.3) is 0 Å². The van der Waals surface area contributed by atoms with E-state index in [1.807, 2.05) is 0 Å². The van der Waals surface area contributed by atoms with Gasteiger partial charge < -0.3 is 0 Å². The molecule has 2 heteroatoms. The summed E-state index contributed by atoms with van der Waals surface area (Å²) < 4.78 is 0. The summed E-state index contributed by atoms with van der Waals surface area (Å²) in [5, 5.41) is 1.24. The van der Waals surface area contributed by atoms with Gasteiger partial charge in [-0.25, -0.2) is 0 Å². The van der Waals surface area contributed by atoms with E-state index in [1.165, 1.54) is 54.2 Å². The third-order valence-corrected chi connectivity index (χ3v) is 7.45. The summed E-state index contributed by atoms with van der Waals surface area (Å²) in [6, 6.07) is 17.3. The van der Waals surface area contributed by atoms with E-state index in [4.69, 9.17) is 4.98 Å². The quantitative estimate of drug-likeness (QED) is 0.311. The van der Waals surface area contributed by atoms with Crippen LogP contribution in [0.15, 0.2) is 36.4 Å². The average Bonchev–Trinajstić information content (AvgIpc) is 2.82. The Kier molecular flexibility index (Phi) is 4.49. The van der Waals surface area contributed by atoms with Crippen molar-refractivity contribution in [2.24, 2.45) is 11.8 Å². The fraction of sp³-hybridized carbons (Fsp3) is 0.423. The molecule has 2 fully saturated rings. The number of hydrogen-bond donors (Lipinski definition) is 0. The molecule has 1 nitrogen and oxygen atoms in total. The molecule has 2 saturated carbocycles. The van der Waals surface area contributed by atoms with Crippen LogP contribution in [-0.2, 0) is 20.1 Å². The van der Waals surface area contributed by atoms with Crippen molar-refractivity contribution < 1.29 is 20.1 Å². The van der Waals surface area contributed by atoms with E-state index in [9.17, 15) is 0 Å². The number of rotatable bonds is 1. The second-order valence-corrected chi connectivity index (χ2v) is 9.41. The number of aryl methyl sites for hydroxylation is 2. The van der Waals surface area contributed by atoms with Crippen LogP contribution < -0.4 is 0 Å². The molecule has 0 amide bonds. The van der Waals surface area contributed by atoms with Crippen molar-refractivity contribution in [3.63, 3.8) is 0 Å². The van der Waals surface area contributed by atoms with Crippen LogP contribution in [-0.4, -0.2) is 4.98 Å². The van der Waals surface area contributed by atoms with Crippen LogP contribution in [0.25, 0.3) is 22.2 Å². The fourth-order valence-corrected chi connectivity index (χ4v) is 6.40. The summed E-state index contributed by atoms with van der Waals surface area (Å²) >= 11 is 0. The molecule has 0 spiro atoms. The van der Waals surface area contributed by atoms with Crippen molar-refractivity contribution in [1.29, 1.82) is 0 Å². The zero-order chi connectivity index (χ0) is 18.1. The summed E-state index contributed by atoms with van der Waals surface area (Å²) in [5.74, 6) is 3.49. The molecule has 1 aromatic heterocycles. The number of benzene rings is 2. The Balaban J connectivity index is 0.00000171. The molecule has 4 bridgehead atoms. The molecule has 2 aromatic carbocycles. The first kappa shape index (κ1) is 18.5. The Labute approximate surface area is 181 Å². The number of aromatic nitrogens is 1. The minimum absolute atomic E-state index is 0. The largest absolute Gasteiger partial charge is 0.296 e. The molecule has 2 atom stereocenters. The third-order valence-electron chi connectivity index (χ3n) is 7.45. The fourth-order valence-electron chi connectivity index (χ4n) is 6.40. The molecule has 3 aromatic rings. The van der Waals surface area contributed by atoms with Gasteiger partial charge in [0, 0.05) is 20.1 Å². The van der Waals surface area contributed by atoms with Gasteiger partial charge in [0.1, 0.15) is 0 Å². The molecular formula is C26H26IrN-. The third kappa shape index (κ3) is 2.88. The van der Waals surface area contributed by atoms with E-state index in [0.717, 1.165) is 34.9 Å². The molecule has 2 unspecified atom stereocenters. The van der Waals surface area contributed by atoms with Crippen molar-refractivity contribution >= 4 is 10.9 Å². The number of hydrogen-bond acceptors (Lipinski definition) is 1. The SMILES string of the molecule is Cc1ccc2nc(-c3[c-]cc4c(c3)C3CC5CC(CC4C5)C3)c(C)cc2c1.[Ir]. The Hall–Kier alpha value is -1.50. The van der Waals surface area contributed by atoms with Crippen LogP contribution in [0.4, 0.5) is 0 Å². The molecule has 145 valence electrons. The van der Waals surface area contributed by atoms with E-state index in [2.05, 4.69) is 56.3 Å². The summed E-state index contributed by atoms with van der Waals surface area (Å²) in [4.78, 5) is 5.04. The van der Waals surface area contributed by atoms with Gasteiger partial charge in [0.15, 0.2) is 0 Å². The molecule has 4 aliphatic carbocycles. The summed E-state index contributed by atoms with van der Waals surface area (Å²) in [6.07, 6.45) is 7.14. The van der Waals surface area contributed by atoms with Crippen molar-refractivity contribution in [1.82, 2.24) is 4.98 Å². The smallest absolute Gasteiger partial charge is 0.0595 e. The minimum Gasteiger partial charge on any atom is -0.296 e. The van der Waals surface area contributed by atoms with E-state index >= 15 is 0 Å². The molecule has 1 heterocycles. The first-order chi connectivity index (χ1) is 13.1. The Morgan fingerprint density at radius 1 is 0.857 bits per heavy atom. The maximum absolute atomic E-state index is 5.04. The molecular weight excluding hydrogens is 519 g/mol. The molecule has 0 aliphatic heterocycles. The van der Waals surface area contributed by atoms with Gasteiger partial charge in [-0.15, -0.1) is 34.9 Å². The van der Waals surface area contributed by atoms with E-state index in [1.54, 1.807) is 11.1 Å². The van der Waals surface area contributed by atoms with Gasteiger partial charge in [-0.2, -0.15) is 0 Å². The van der Waals surface area contributed by atoms with Crippen LogP contribution >= 0.6 is 0 Å². The molecule has 28 heavy (non-hydrogen) atoms. The topological polar surface area (TPSA) is 12.9 Å². The van der Waals surface area contributed by atoms with Gasteiger partial charge in [0.2, 0.25) is 0 Å². The molecule has 7 rings (SSSR count). The van der Waals surface area contributed by atoms with Gasteiger partial charge in [-0.05, 0) is 80.0 Å². The van der Waals surface area contributed by atoms with Crippen molar-refractivity contribution in [3.05, 3.63) is 64.7 Å². The normalized spacial score (nSPS) is 27.4. The van der Waals surface area contributed by atoms with Gasteiger partial charge >= 0.3 is 0 Å². The van der Waals surface area contributed by atoms with Gasteiger partial charge in [-0.1, -0.05) is 36.1 Å². The van der Waals surface area contributed by atoms with Crippen LogP contribution in [0.5, 0.6) is 0 Å². The zero-order valence-corrected chi connectivity index (χ0v) is 19.0. The van der Waals surface area contributed by atoms with Gasteiger partial charge in [-0.3, -0.25) is 4.98 Å². The average molecular weight is 545 g/mol. The summed E-state index contributed by atoms with van der Waals surface area (Å²) in [6.45, 7) is 4.34. The molecule has 0 N–H and O–H groups in total. The first-order valence-electron chi connectivity index (χ1n) is 10.6. The Morgan fingerprint density at radius 3 is 2.32 bits per heavy atom. The van der Waals surface area contributed by atoms with Gasteiger partial charge in [0.05, 0.1) is 5.52 Å². The predicted octanol–water partition coefficient (Wildman–Crippen LogP) is 6.71.